The number of aryl methyl sites for hydroxylation is 1. The summed E-state index contributed by atoms with van der Waals surface area (Å²) in [5, 5.41) is 14.0. The predicted octanol–water partition coefficient (Wildman–Crippen LogP) is 2.75. The Hall–Kier alpha value is -2.11. The smallest absolute Gasteiger partial charge is 0.326 e. The predicted molar refractivity (Wildman–Crippen MR) is 74.2 cm³/mol. The number of carboxylic acids is 1. The van der Waals surface area contributed by atoms with Crippen molar-refractivity contribution in [3.05, 3.63) is 29.6 Å². The van der Waals surface area contributed by atoms with Crippen LogP contribution in [-0.2, 0) is 4.79 Å². The number of halogens is 1. The fourth-order valence-corrected chi connectivity index (χ4v) is 1.75. The molecule has 2 atom stereocenters. The van der Waals surface area contributed by atoms with E-state index in [-0.39, 0.29) is 5.92 Å². The van der Waals surface area contributed by atoms with Gasteiger partial charge in [-0.1, -0.05) is 20.3 Å². The summed E-state index contributed by atoms with van der Waals surface area (Å²) in [5.74, 6) is -1.66. The number of carboxylic acid groups (broad SMARTS) is 1. The molecule has 2 amide bonds. The molecule has 0 saturated heterocycles. The van der Waals surface area contributed by atoms with Gasteiger partial charge in [0.2, 0.25) is 0 Å². The standard InChI is InChI=1S/C14H19FN2O3/c1-4-8(2)12(13(18)19)17-14(20)16-11-6-5-10(15)7-9(11)3/h5-8,12H,4H2,1-3H3,(H,18,19)(H2,16,17,20). The van der Waals surface area contributed by atoms with Crippen LogP contribution in [0, 0.1) is 18.7 Å². The van der Waals surface area contributed by atoms with E-state index in [2.05, 4.69) is 10.6 Å². The van der Waals surface area contributed by atoms with Crippen molar-refractivity contribution in [2.75, 3.05) is 5.32 Å². The average molecular weight is 282 g/mol. The normalized spacial score (nSPS) is 13.4. The van der Waals surface area contributed by atoms with Gasteiger partial charge in [-0.3, -0.25) is 0 Å². The zero-order valence-electron chi connectivity index (χ0n) is 11.7. The molecule has 1 aromatic rings. The number of hydrogen-bond acceptors (Lipinski definition) is 2. The number of hydrogen-bond donors (Lipinski definition) is 3. The third kappa shape index (κ3) is 4.22. The van der Waals surface area contributed by atoms with Crippen molar-refractivity contribution >= 4 is 17.7 Å². The monoisotopic (exact) mass is 282 g/mol. The fraction of sp³-hybridized carbons (Fsp3) is 0.429. The highest BCUT2D eigenvalue weighted by Gasteiger charge is 2.25. The molecular formula is C14H19FN2O3. The van der Waals surface area contributed by atoms with Crippen LogP contribution in [0.3, 0.4) is 0 Å². The fourth-order valence-electron chi connectivity index (χ4n) is 1.75. The Morgan fingerprint density at radius 2 is 2.05 bits per heavy atom. The van der Waals surface area contributed by atoms with Gasteiger partial charge < -0.3 is 15.7 Å². The summed E-state index contributed by atoms with van der Waals surface area (Å²) in [6.07, 6.45) is 0.632. The lowest BCUT2D eigenvalue weighted by Crippen LogP contribution is -2.46. The Kier molecular flexibility index (Phi) is 5.49. The maximum absolute atomic E-state index is 12.9. The number of anilines is 1. The number of carbonyl (C=O) groups excluding carboxylic acids is 1. The Bertz CT molecular complexity index is 505. The van der Waals surface area contributed by atoms with E-state index in [1.54, 1.807) is 13.8 Å². The Morgan fingerprint density at radius 1 is 1.40 bits per heavy atom. The Balaban J connectivity index is 2.73. The Morgan fingerprint density at radius 3 is 2.55 bits per heavy atom. The second kappa shape index (κ2) is 6.88. The number of aliphatic carboxylic acids is 1. The molecule has 0 heterocycles. The highest BCUT2D eigenvalue weighted by molar-refractivity contribution is 5.92. The van der Waals surface area contributed by atoms with Gasteiger partial charge in [0.05, 0.1) is 0 Å². The SMILES string of the molecule is CCC(C)C(NC(=O)Nc1ccc(F)cc1C)C(=O)O. The van der Waals surface area contributed by atoms with Crippen LogP contribution < -0.4 is 10.6 Å². The lowest BCUT2D eigenvalue weighted by Gasteiger charge is -2.20. The van der Waals surface area contributed by atoms with E-state index in [1.165, 1.54) is 18.2 Å². The van der Waals surface area contributed by atoms with E-state index in [9.17, 15) is 14.0 Å². The van der Waals surface area contributed by atoms with Crippen molar-refractivity contribution in [3.8, 4) is 0 Å². The van der Waals surface area contributed by atoms with Crippen LogP contribution in [-0.4, -0.2) is 23.1 Å². The number of amides is 2. The molecule has 0 saturated carbocycles. The molecule has 0 aliphatic heterocycles. The van der Waals surface area contributed by atoms with E-state index in [4.69, 9.17) is 5.11 Å². The molecule has 0 bridgehead atoms. The van der Waals surface area contributed by atoms with Crippen LogP contribution in [0.2, 0.25) is 0 Å². The van der Waals surface area contributed by atoms with Gasteiger partial charge in [-0.15, -0.1) is 0 Å². The minimum atomic E-state index is -1.08. The largest absolute Gasteiger partial charge is 0.480 e. The van der Waals surface area contributed by atoms with Gasteiger partial charge in [0.25, 0.3) is 0 Å². The van der Waals surface area contributed by atoms with Crippen LogP contribution in [0.5, 0.6) is 0 Å². The summed E-state index contributed by atoms with van der Waals surface area (Å²) in [7, 11) is 0. The number of benzene rings is 1. The summed E-state index contributed by atoms with van der Waals surface area (Å²) in [4.78, 5) is 22.9. The molecule has 2 unspecified atom stereocenters. The first-order valence-corrected chi connectivity index (χ1v) is 6.41. The van der Waals surface area contributed by atoms with Crippen molar-refractivity contribution in [2.24, 2.45) is 5.92 Å². The number of rotatable bonds is 5. The second-order valence-corrected chi connectivity index (χ2v) is 4.76. The molecule has 0 aliphatic carbocycles. The molecule has 5 nitrogen and oxygen atoms in total. The highest BCUT2D eigenvalue weighted by atomic mass is 19.1. The van der Waals surface area contributed by atoms with Gasteiger partial charge in [0.15, 0.2) is 0 Å². The molecule has 1 rings (SSSR count). The zero-order valence-corrected chi connectivity index (χ0v) is 11.7. The number of nitrogens with one attached hydrogen (secondary N) is 2. The van der Waals surface area contributed by atoms with Crippen LogP contribution in [0.25, 0.3) is 0 Å². The quantitative estimate of drug-likeness (QED) is 0.777. The molecular weight excluding hydrogens is 263 g/mol. The van der Waals surface area contributed by atoms with Crippen molar-refractivity contribution in [2.45, 2.75) is 33.2 Å². The minimum Gasteiger partial charge on any atom is -0.480 e. The summed E-state index contributed by atoms with van der Waals surface area (Å²) < 4.78 is 12.9. The van der Waals surface area contributed by atoms with Gasteiger partial charge in [0, 0.05) is 5.69 Å². The van der Waals surface area contributed by atoms with Crippen molar-refractivity contribution < 1.29 is 19.1 Å². The molecule has 20 heavy (non-hydrogen) atoms. The van der Waals surface area contributed by atoms with Crippen LogP contribution in [0.4, 0.5) is 14.9 Å². The molecule has 0 radical (unpaired) electrons. The van der Waals surface area contributed by atoms with E-state index in [0.717, 1.165) is 0 Å². The van der Waals surface area contributed by atoms with Crippen molar-refractivity contribution in [1.29, 1.82) is 0 Å². The Labute approximate surface area is 117 Å². The van der Waals surface area contributed by atoms with Gasteiger partial charge in [-0.25, -0.2) is 14.0 Å². The maximum Gasteiger partial charge on any atom is 0.326 e. The first kappa shape index (κ1) is 15.9. The number of urea groups is 1. The molecule has 110 valence electrons. The first-order valence-electron chi connectivity index (χ1n) is 6.41. The molecule has 0 fully saturated rings. The van der Waals surface area contributed by atoms with Crippen LogP contribution >= 0.6 is 0 Å². The van der Waals surface area contributed by atoms with E-state index in [0.29, 0.717) is 17.7 Å². The van der Waals surface area contributed by atoms with Crippen molar-refractivity contribution in [3.63, 3.8) is 0 Å². The van der Waals surface area contributed by atoms with Crippen LogP contribution in [0.1, 0.15) is 25.8 Å². The van der Waals surface area contributed by atoms with Gasteiger partial charge in [-0.05, 0) is 36.6 Å². The van der Waals surface area contributed by atoms with Gasteiger partial charge in [0.1, 0.15) is 11.9 Å². The average Bonchev–Trinajstić information content (AvgIpc) is 2.38. The maximum atomic E-state index is 12.9. The summed E-state index contributed by atoms with van der Waals surface area (Å²) >= 11 is 0. The molecule has 0 aliphatic rings. The summed E-state index contributed by atoms with van der Waals surface area (Å²) in [5.41, 5.74) is 1.01. The summed E-state index contributed by atoms with van der Waals surface area (Å²) in [6.45, 7) is 5.26. The third-order valence-corrected chi connectivity index (χ3v) is 3.20. The third-order valence-electron chi connectivity index (χ3n) is 3.20. The second-order valence-electron chi connectivity index (χ2n) is 4.76. The summed E-state index contributed by atoms with van der Waals surface area (Å²) in [6, 6.07) is 2.38. The van der Waals surface area contributed by atoms with Gasteiger partial charge >= 0.3 is 12.0 Å². The van der Waals surface area contributed by atoms with E-state index < -0.39 is 23.9 Å². The van der Waals surface area contributed by atoms with E-state index in [1.807, 2.05) is 6.92 Å². The van der Waals surface area contributed by atoms with Crippen LogP contribution in [0.15, 0.2) is 18.2 Å². The highest BCUT2D eigenvalue weighted by Crippen LogP contribution is 2.16. The number of carbonyl (C=O) groups is 2. The lowest BCUT2D eigenvalue weighted by atomic mass is 9.99. The lowest BCUT2D eigenvalue weighted by molar-refractivity contribution is -0.140. The molecule has 1 aromatic carbocycles. The van der Waals surface area contributed by atoms with Crippen molar-refractivity contribution in [1.82, 2.24) is 5.32 Å². The topological polar surface area (TPSA) is 78.4 Å². The van der Waals surface area contributed by atoms with Gasteiger partial charge in [-0.2, -0.15) is 0 Å². The molecule has 3 N–H and O–H groups in total. The minimum absolute atomic E-state index is 0.187. The molecule has 0 aromatic heterocycles. The molecule has 0 spiro atoms. The zero-order chi connectivity index (χ0) is 15.3. The first-order chi connectivity index (χ1) is 9.35. The van der Waals surface area contributed by atoms with E-state index >= 15 is 0 Å². The molecule has 6 heteroatoms.